The first-order chi connectivity index (χ1) is 14.2. The molecule has 2 heterocycles. The lowest BCUT2D eigenvalue weighted by atomic mass is 10.2. The van der Waals surface area contributed by atoms with Crippen molar-refractivity contribution in [3.63, 3.8) is 0 Å². The molecule has 4 rings (SSSR count). The number of halogens is 3. The molecule has 1 aliphatic carbocycles. The Balaban J connectivity index is 1.78. The third kappa shape index (κ3) is 4.35. The number of aromatic nitrogens is 2. The van der Waals surface area contributed by atoms with Crippen LogP contribution in [0.15, 0.2) is 48.8 Å². The summed E-state index contributed by atoms with van der Waals surface area (Å²) in [5.41, 5.74) is 1.61. The molecule has 0 radical (unpaired) electrons. The summed E-state index contributed by atoms with van der Waals surface area (Å²) in [4.78, 5) is 16.7. The second-order valence-corrected chi connectivity index (χ2v) is 9.80. The number of nitrogens with zero attached hydrogens (tertiary/aromatic N) is 2. The molecule has 0 bridgehead atoms. The summed E-state index contributed by atoms with van der Waals surface area (Å²) in [6.07, 6.45) is 3.58. The second-order valence-electron chi connectivity index (χ2n) is 6.99. The molecule has 0 aliphatic heterocycles. The summed E-state index contributed by atoms with van der Waals surface area (Å²) in [5.74, 6) is -1.31. The predicted octanol–water partition coefficient (Wildman–Crippen LogP) is 4.27. The Morgan fingerprint density at radius 3 is 2.63 bits per heavy atom. The van der Waals surface area contributed by atoms with E-state index in [0.29, 0.717) is 39.7 Å². The van der Waals surface area contributed by atoms with Crippen LogP contribution in [0.3, 0.4) is 0 Å². The molecule has 0 saturated heterocycles. The van der Waals surface area contributed by atoms with Gasteiger partial charge in [-0.25, -0.2) is 17.5 Å². The summed E-state index contributed by atoms with van der Waals surface area (Å²) >= 11 is 12.4. The van der Waals surface area contributed by atoms with Crippen LogP contribution in [0.25, 0.3) is 11.3 Å². The monoisotopic (exact) mass is 467 g/mol. The lowest BCUT2D eigenvalue weighted by Crippen LogP contribution is -2.34. The van der Waals surface area contributed by atoms with Crippen molar-refractivity contribution in [2.24, 2.45) is 0 Å². The zero-order valence-electron chi connectivity index (χ0n) is 15.5. The number of sulfonamides is 1. The molecule has 1 saturated carbocycles. The van der Waals surface area contributed by atoms with Crippen molar-refractivity contribution in [3.8, 4) is 11.3 Å². The minimum absolute atomic E-state index is 0.0922. The topological polar surface area (TPSA) is 81.1 Å². The van der Waals surface area contributed by atoms with E-state index in [4.69, 9.17) is 23.2 Å². The Labute approximate surface area is 182 Å². The third-order valence-corrected chi connectivity index (χ3v) is 7.17. The quantitative estimate of drug-likeness (QED) is 0.586. The maximum absolute atomic E-state index is 13.7. The summed E-state index contributed by atoms with van der Waals surface area (Å²) < 4.78 is 41.9. The van der Waals surface area contributed by atoms with Crippen LogP contribution in [0.5, 0.6) is 0 Å². The van der Waals surface area contributed by atoms with E-state index in [1.54, 1.807) is 28.8 Å². The minimum atomic E-state index is -3.73. The molecular formula is C20H16Cl2FN3O3S. The van der Waals surface area contributed by atoms with Crippen LogP contribution in [-0.4, -0.2) is 29.1 Å². The fourth-order valence-corrected chi connectivity index (χ4v) is 4.78. The summed E-state index contributed by atoms with van der Waals surface area (Å²) in [6, 6.07) is 9.28. The molecule has 3 aromatic rings. The number of amides is 1. The molecule has 30 heavy (non-hydrogen) atoms. The van der Waals surface area contributed by atoms with Crippen LogP contribution >= 0.6 is 23.2 Å². The van der Waals surface area contributed by atoms with E-state index in [9.17, 15) is 17.6 Å². The Hall–Kier alpha value is -2.42. The fraction of sp³-hybridized carbons (Fsp3) is 0.200. The third-order valence-electron chi connectivity index (χ3n) is 4.75. The zero-order valence-corrected chi connectivity index (χ0v) is 17.8. The van der Waals surface area contributed by atoms with E-state index in [1.807, 2.05) is 0 Å². The highest BCUT2D eigenvalue weighted by atomic mass is 35.5. The van der Waals surface area contributed by atoms with Gasteiger partial charge in [0.15, 0.2) is 0 Å². The standard InChI is InChI=1S/C20H16Cl2FN3O3S/c21-14-1-4-17(22)13(7-14)11-26-18(12-8-15(23)10-24-9-12)5-6-19(26)20(27)25-30(28,29)16-2-3-16/h1,4-10,16H,2-3,11H2,(H,25,27). The molecule has 0 spiro atoms. The van der Waals surface area contributed by atoms with Crippen molar-refractivity contribution < 1.29 is 17.6 Å². The fourth-order valence-electron chi connectivity index (χ4n) is 3.12. The van der Waals surface area contributed by atoms with E-state index in [-0.39, 0.29) is 12.2 Å². The van der Waals surface area contributed by atoms with Gasteiger partial charge in [0, 0.05) is 28.4 Å². The Morgan fingerprint density at radius 2 is 1.93 bits per heavy atom. The molecule has 2 aromatic heterocycles. The molecule has 1 amide bonds. The number of carbonyl (C=O) groups is 1. The molecule has 1 fully saturated rings. The van der Waals surface area contributed by atoms with Crippen molar-refractivity contribution >= 4 is 39.1 Å². The number of pyridine rings is 1. The zero-order chi connectivity index (χ0) is 21.5. The molecule has 10 heteroatoms. The van der Waals surface area contributed by atoms with Gasteiger partial charge < -0.3 is 4.57 Å². The predicted molar refractivity (Wildman–Crippen MR) is 113 cm³/mol. The highest BCUT2D eigenvalue weighted by Crippen LogP contribution is 2.29. The van der Waals surface area contributed by atoms with Crippen molar-refractivity contribution in [2.75, 3.05) is 0 Å². The summed E-state index contributed by atoms with van der Waals surface area (Å²) in [7, 11) is -3.73. The smallest absolute Gasteiger partial charge is 0.281 e. The van der Waals surface area contributed by atoms with Gasteiger partial charge in [0.05, 0.1) is 17.1 Å². The molecule has 0 unspecified atom stereocenters. The Kier molecular flexibility index (Phi) is 5.57. The molecule has 0 atom stereocenters. The highest BCUT2D eigenvalue weighted by Gasteiger charge is 2.37. The van der Waals surface area contributed by atoms with Gasteiger partial charge in [0.25, 0.3) is 5.91 Å². The number of benzene rings is 1. The van der Waals surface area contributed by atoms with Gasteiger partial charge >= 0.3 is 0 Å². The lowest BCUT2D eigenvalue weighted by Gasteiger charge is -2.15. The summed E-state index contributed by atoms with van der Waals surface area (Å²) in [5, 5.41) is 0.338. The molecule has 6 nitrogen and oxygen atoms in total. The van der Waals surface area contributed by atoms with Gasteiger partial charge in [0.2, 0.25) is 10.0 Å². The lowest BCUT2D eigenvalue weighted by molar-refractivity contribution is 0.0973. The van der Waals surface area contributed by atoms with Gasteiger partial charge in [-0.3, -0.25) is 9.78 Å². The molecule has 1 N–H and O–H groups in total. The van der Waals surface area contributed by atoms with Crippen molar-refractivity contribution in [1.82, 2.24) is 14.3 Å². The second kappa shape index (κ2) is 8.02. The first-order valence-electron chi connectivity index (χ1n) is 9.05. The molecule has 156 valence electrons. The normalized spacial score (nSPS) is 14.0. The van der Waals surface area contributed by atoms with Crippen molar-refractivity contribution in [1.29, 1.82) is 0 Å². The van der Waals surface area contributed by atoms with Crippen LogP contribution in [0.1, 0.15) is 28.9 Å². The number of rotatable bonds is 6. The Bertz CT molecular complexity index is 1240. The first-order valence-corrected chi connectivity index (χ1v) is 11.3. The van der Waals surface area contributed by atoms with E-state index >= 15 is 0 Å². The number of carbonyl (C=O) groups excluding carboxylic acids is 1. The van der Waals surface area contributed by atoms with E-state index in [0.717, 1.165) is 6.20 Å². The largest absolute Gasteiger partial charge is 0.332 e. The SMILES string of the molecule is O=C(NS(=O)(=O)C1CC1)c1ccc(-c2cncc(F)c2)n1Cc1cc(Cl)ccc1Cl. The van der Waals surface area contributed by atoms with Crippen LogP contribution in [0, 0.1) is 5.82 Å². The first kappa shape index (κ1) is 20.8. The van der Waals surface area contributed by atoms with Crippen LogP contribution in [0.4, 0.5) is 4.39 Å². The van der Waals surface area contributed by atoms with Gasteiger partial charge in [-0.05, 0) is 54.8 Å². The maximum atomic E-state index is 13.7. The van der Waals surface area contributed by atoms with Gasteiger partial charge in [0.1, 0.15) is 11.5 Å². The van der Waals surface area contributed by atoms with Crippen LogP contribution < -0.4 is 4.72 Å². The number of hydrogen-bond acceptors (Lipinski definition) is 4. The van der Waals surface area contributed by atoms with Gasteiger partial charge in [-0.1, -0.05) is 23.2 Å². The van der Waals surface area contributed by atoms with E-state index < -0.39 is 27.0 Å². The van der Waals surface area contributed by atoms with Gasteiger partial charge in [-0.15, -0.1) is 0 Å². The summed E-state index contributed by atoms with van der Waals surface area (Å²) in [6.45, 7) is 0.116. The minimum Gasteiger partial charge on any atom is -0.332 e. The maximum Gasteiger partial charge on any atom is 0.281 e. The van der Waals surface area contributed by atoms with Crippen LogP contribution in [-0.2, 0) is 16.6 Å². The molecule has 1 aromatic carbocycles. The average Bonchev–Trinajstić information content (AvgIpc) is 3.46. The van der Waals surface area contributed by atoms with Crippen LogP contribution in [0.2, 0.25) is 10.0 Å². The highest BCUT2D eigenvalue weighted by molar-refractivity contribution is 7.91. The van der Waals surface area contributed by atoms with E-state index in [2.05, 4.69) is 9.71 Å². The number of hydrogen-bond donors (Lipinski definition) is 1. The number of nitrogens with one attached hydrogen (secondary N) is 1. The van der Waals surface area contributed by atoms with Crippen molar-refractivity contribution in [2.45, 2.75) is 24.6 Å². The van der Waals surface area contributed by atoms with Gasteiger partial charge in [-0.2, -0.15) is 0 Å². The molecule has 1 aliphatic rings. The average molecular weight is 468 g/mol. The Morgan fingerprint density at radius 1 is 1.17 bits per heavy atom. The van der Waals surface area contributed by atoms with E-state index in [1.165, 1.54) is 18.3 Å². The molecular weight excluding hydrogens is 452 g/mol. The van der Waals surface area contributed by atoms with Crippen molar-refractivity contribution in [3.05, 3.63) is 75.9 Å².